The van der Waals surface area contributed by atoms with Crippen LogP contribution in [0.2, 0.25) is 0 Å². The van der Waals surface area contributed by atoms with E-state index in [1.807, 2.05) is 0 Å². The Balaban J connectivity index is 1.08. The summed E-state index contributed by atoms with van der Waals surface area (Å²) in [4.78, 5) is 2.52. The van der Waals surface area contributed by atoms with Gasteiger partial charge in [0.25, 0.3) is 0 Å². The maximum atomic E-state index is 2.52. The van der Waals surface area contributed by atoms with Crippen LogP contribution >= 0.6 is 0 Å². The zero-order valence-corrected chi connectivity index (χ0v) is 39.7. The van der Waals surface area contributed by atoms with Crippen molar-refractivity contribution in [2.45, 2.75) is 53.4 Å². The Labute approximate surface area is 399 Å². The van der Waals surface area contributed by atoms with E-state index in [2.05, 4.69) is 257 Å². The number of hydrogen-bond acceptors (Lipinski definition) is 1. The number of rotatable bonds is 9. The quantitative estimate of drug-likeness (QED) is 0.131. The number of benzene rings is 11. The molecule has 0 saturated carbocycles. The molecule has 0 aliphatic carbocycles. The van der Waals surface area contributed by atoms with Crippen LogP contribution in [0.25, 0.3) is 93.2 Å². The monoisotopic (exact) mass is 874 g/mol. The van der Waals surface area contributed by atoms with Crippen LogP contribution in [0, 0.1) is 13.8 Å². The molecule has 11 aromatic carbocycles. The van der Waals surface area contributed by atoms with Crippen LogP contribution in [0.4, 0.5) is 17.1 Å². The van der Waals surface area contributed by atoms with Crippen LogP contribution in [-0.4, -0.2) is 4.57 Å². The van der Waals surface area contributed by atoms with E-state index in [0.29, 0.717) is 11.8 Å². The minimum atomic E-state index is 0.474. The average molecular weight is 875 g/mol. The molecule has 12 aromatic rings. The van der Waals surface area contributed by atoms with Gasteiger partial charge in [-0.3, -0.25) is 0 Å². The van der Waals surface area contributed by atoms with Gasteiger partial charge in [0.1, 0.15) is 0 Å². The fourth-order valence-electron chi connectivity index (χ4n) is 10.9. The summed E-state index contributed by atoms with van der Waals surface area (Å²) in [5, 5.41) is 10.1. The van der Waals surface area contributed by atoms with Gasteiger partial charge in [-0.25, -0.2) is 0 Å². The van der Waals surface area contributed by atoms with Gasteiger partial charge in [0.2, 0.25) is 0 Å². The Morgan fingerprint density at radius 3 is 1.40 bits per heavy atom. The fourth-order valence-corrected chi connectivity index (χ4v) is 10.9. The molecule has 328 valence electrons. The first kappa shape index (κ1) is 41.5. The number of nitrogens with zero attached hydrogens (tertiary/aromatic N) is 2. The van der Waals surface area contributed by atoms with Crippen molar-refractivity contribution in [3.63, 3.8) is 0 Å². The summed E-state index contributed by atoms with van der Waals surface area (Å²) in [7, 11) is 0. The molecule has 0 amide bonds. The van der Waals surface area contributed by atoms with Crippen molar-refractivity contribution < 1.29 is 0 Å². The molecule has 1 aromatic heterocycles. The molecule has 0 aliphatic heterocycles. The minimum absolute atomic E-state index is 0.474. The second kappa shape index (κ2) is 16.4. The van der Waals surface area contributed by atoms with Crippen molar-refractivity contribution in [3.05, 3.63) is 229 Å². The molecular weight excluding hydrogens is 821 g/mol. The Morgan fingerprint density at radius 1 is 0.353 bits per heavy atom. The van der Waals surface area contributed by atoms with E-state index in [1.54, 1.807) is 0 Å². The maximum absolute atomic E-state index is 2.52. The van der Waals surface area contributed by atoms with Crippen molar-refractivity contribution in [1.29, 1.82) is 0 Å². The molecule has 1 heterocycles. The topological polar surface area (TPSA) is 8.17 Å². The number of para-hydroxylation sites is 2. The molecule has 0 bridgehead atoms. The van der Waals surface area contributed by atoms with Gasteiger partial charge in [0.05, 0.1) is 22.4 Å². The second-order valence-electron chi connectivity index (χ2n) is 19.5. The normalized spacial score (nSPS) is 11.9. The summed E-state index contributed by atoms with van der Waals surface area (Å²) in [6, 6.07) is 77.7. The van der Waals surface area contributed by atoms with Gasteiger partial charge < -0.3 is 9.47 Å². The van der Waals surface area contributed by atoms with Crippen LogP contribution in [0.5, 0.6) is 0 Å². The molecule has 0 unspecified atom stereocenters. The predicted molar refractivity (Wildman–Crippen MR) is 293 cm³/mol. The lowest BCUT2D eigenvalue weighted by molar-refractivity contribution is 0.867. The second-order valence-corrected chi connectivity index (χ2v) is 19.5. The highest BCUT2D eigenvalue weighted by molar-refractivity contribution is 6.27. The molecule has 0 fully saturated rings. The lowest BCUT2D eigenvalue weighted by atomic mass is 9.91. The smallest absolute Gasteiger partial charge is 0.0541 e. The van der Waals surface area contributed by atoms with Crippen LogP contribution in [-0.2, 0) is 0 Å². The highest BCUT2D eigenvalue weighted by Crippen LogP contribution is 2.47. The minimum Gasteiger partial charge on any atom is -0.310 e. The average Bonchev–Trinajstić information content (AvgIpc) is 3.70. The Morgan fingerprint density at radius 2 is 0.824 bits per heavy atom. The van der Waals surface area contributed by atoms with Crippen LogP contribution in [0.15, 0.2) is 206 Å². The van der Waals surface area contributed by atoms with Gasteiger partial charge >= 0.3 is 0 Å². The zero-order chi connectivity index (χ0) is 46.2. The molecule has 0 radical (unpaired) electrons. The molecule has 68 heavy (non-hydrogen) atoms. The van der Waals surface area contributed by atoms with Crippen LogP contribution in [0.3, 0.4) is 0 Å². The summed E-state index contributed by atoms with van der Waals surface area (Å²) >= 11 is 0. The number of aryl methyl sites for hydroxylation is 2. The standard InChI is InChI=1S/C66H54N2/c1-41(2)45-18-22-47(23-19-45)51-12-11-13-52(38-51)54-35-44(6)37-56(40-54)67(55-36-43(5)34-53(39-55)48-24-20-46(21-25-48)42(3)4)63-32-28-49-27-31-60-64(33-29-50-26-30-59(63)65(49)66(50)60)68-61-16-9-7-14-57(61)58-15-8-10-17-62(58)68/h7-42H,1-6H3. The van der Waals surface area contributed by atoms with Crippen LogP contribution < -0.4 is 4.90 Å². The molecule has 12 rings (SSSR count). The maximum Gasteiger partial charge on any atom is 0.0541 e. The highest BCUT2D eigenvalue weighted by Gasteiger charge is 2.23. The molecular formula is C66H54N2. The van der Waals surface area contributed by atoms with Crippen molar-refractivity contribution in [2.24, 2.45) is 0 Å². The molecule has 2 nitrogen and oxygen atoms in total. The van der Waals surface area contributed by atoms with Crippen molar-refractivity contribution in [2.75, 3.05) is 4.90 Å². The van der Waals surface area contributed by atoms with E-state index in [0.717, 1.165) is 17.1 Å². The van der Waals surface area contributed by atoms with E-state index in [4.69, 9.17) is 0 Å². The molecule has 0 spiro atoms. The van der Waals surface area contributed by atoms with E-state index in [1.165, 1.54) is 115 Å². The first-order chi connectivity index (χ1) is 33.2. The van der Waals surface area contributed by atoms with Gasteiger partial charge in [-0.15, -0.1) is 0 Å². The van der Waals surface area contributed by atoms with Crippen LogP contribution in [0.1, 0.15) is 61.8 Å². The number of anilines is 3. The molecule has 0 saturated heterocycles. The molecule has 0 atom stereocenters. The fraction of sp³-hybridized carbons (Fsp3) is 0.121. The Hall–Kier alpha value is -7.94. The first-order valence-electron chi connectivity index (χ1n) is 24.2. The highest BCUT2D eigenvalue weighted by atomic mass is 15.1. The SMILES string of the molecule is Cc1cc(-c2ccc(C(C)C)cc2)cc(N(c2cc(C)cc(-c3cccc(-c4ccc(C(C)C)cc4)c3)c2)c2ccc3ccc4c(-n5c6ccccc6c6ccccc65)ccc5ccc2c3c54)c1. The summed E-state index contributed by atoms with van der Waals surface area (Å²) in [6.07, 6.45) is 0. The number of fused-ring (bicyclic) bond motifs is 3. The third kappa shape index (κ3) is 7.02. The van der Waals surface area contributed by atoms with Crippen molar-refractivity contribution in [3.8, 4) is 39.1 Å². The summed E-state index contributed by atoms with van der Waals surface area (Å²) in [5.41, 5.74) is 19.4. The van der Waals surface area contributed by atoms with Crippen molar-refractivity contribution in [1.82, 2.24) is 4.57 Å². The van der Waals surface area contributed by atoms with Gasteiger partial charge in [-0.05, 0) is 157 Å². The molecule has 0 aliphatic rings. The van der Waals surface area contributed by atoms with Gasteiger partial charge in [-0.1, -0.05) is 179 Å². The number of aromatic nitrogens is 1. The molecule has 2 heteroatoms. The third-order valence-corrected chi connectivity index (χ3v) is 14.3. The largest absolute Gasteiger partial charge is 0.310 e. The third-order valence-electron chi connectivity index (χ3n) is 14.3. The van der Waals surface area contributed by atoms with Crippen molar-refractivity contribution >= 4 is 71.2 Å². The van der Waals surface area contributed by atoms with E-state index >= 15 is 0 Å². The van der Waals surface area contributed by atoms with E-state index < -0.39 is 0 Å². The zero-order valence-electron chi connectivity index (χ0n) is 39.7. The molecule has 0 N–H and O–H groups in total. The Bertz CT molecular complexity index is 3810. The lowest BCUT2D eigenvalue weighted by Gasteiger charge is -2.29. The lowest BCUT2D eigenvalue weighted by Crippen LogP contribution is -2.12. The first-order valence-corrected chi connectivity index (χ1v) is 24.2. The summed E-state index contributed by atoms with van der Waals surface area (Å²) in [5.74, 6) is 0.970. The van der Waals surface area contributed by atoms with Gasteiger partial charge in [-0.2, -0.15) is 0 Å². The van der Waals surface area contributed by atoms with Gasteiger partial charge in [0.15, 0.2) is 0 Å². The number of hydrogen-bond donors (Lipinski definition) is 0. The summed E-state index contributed by atoms with van der Waals surface area (Å²) < 4.78 is 2.47. The predicted octanol–water partition coefficient (Wildman–Crippen LogP) is 19.0. The Kier molecular flexibility index (Phi) is 10.0. The van der Waals surface area contributed by atoms with Gasteiger partial charge in [0, 0.05) is 32.9 Å². The van der Waals surface area contributed by atoms with E-state index in [-0.39, 0.29) is 0 Å². The van der Waals surface area contributed by atoms with E-state index in [9.17, 15) is 0 Å². The summed E-state index contributed by atoms with van der Waals surface area (Å²) in [6.45, 7) is 13.5.